The van der Waals surface area contributed by atoms with E-state index >= 15 is 0 Å². The molecule has 3 aromatic rings. The molecule has 0 spiro atoms. The number of rotatable bonds is 7. The number of carbonyl (C=O) groups is 1. The van der Waals surface area contributed by atoms with Gasteiger partial charge in [0.1, 0.15) is 6.33 Å². The van der Waals surface area contributed by atoms with E-state index in [2.05, 4.69) is 15.5 Å². The van der Waals surface area contributed by atoms with Crippen molar-refractivity contribution in [3.05, 3.63) is 60.0 Å². The molecule has 1 amide bonds. The van der Waals surface area contributed by atoms with Crippen molar-refractivity contribution in [2.45, 2.75) is 25.3 Å². The quantitative estimate of drug-likeness (QED) is 0.665. The van der Waals surface area contributed by atoms with Crippen LogP contribution in [0.3, 0.4) is 0 Å². The second-order valence-corrected chi connectivity index (χ2v) is 7.87. The maximum atomic E-state index is 12.5. The van der Waals surface area contributed by atoms with E-state index in [0.29, 0.717) is 30.8 Å². The van der Waals surface area contributed by atoms with Crippen LogP contribution in [0.1, 0.15) is 29.8 Å². The number of carbonyl (C=O) groups excluding carboxylic acids is 1. The Kier molecular flexibility index (Phi) is 5.52. The number of nitrogens with zero attached hydrogens (tertiary/aromatic N) is 4. The molecule has 0 unspecified atom stereocenters. The van der Waals surface area contributed by atoms with Gasteiger partial charge in [-0.15, -0.1) is 10.2 Å². The summed E-state index contributed by atoms with van der Waals surface area (Å²) in [5, 5.41) is 10.5. The predicted octanol–water partition coefficient (Wildman–Crippen LogP) is 1.69. The van der Waals surface area contributed by atoms with E-state index < -0.39 is 10.0 Å². The molecule has 0 atom stereocenters. The van der Waals surface area contributed by atoms with Crippen LogP contribution in [0.5, 0.6) is 0 Å². The van der Waals surface area contributed by atoms with Crippen LogP contribution >= 0.6 is 0 Å². The Balaban J connectivity index is 1.67. The molecule has 1 aromatic carbocycles. The largest absolute Gasteiger partial charge is 0.348 e. The highest BCUT2D eigenvalue weighted by atomic mass is 32.2. The number of nitrogens with one attached hydrogen (secondary N) is 1. The first-order valence-corrected chi connectivity index (χ1v) is 10.1. The summed E-state index contributed by atoms with van der Waals surface area (Å²) in [5.41, 5.74) is 1.96. The molecular formula is C18H21N5O3S. The van der Waals surface area contributed by atoms with Gasteiger partial charge in [-0.3, -0.25) is 9.20 Å². The summed E-state index contributed by atoms with van der Waals surface area (Å²) < 4.78 is 28.0. The van der Waals surface area contributed by atoms with Gasteiger partial charge >= 0.3 is 0 Å². The number of benzene rings is 1. The zero-order valence-electron chi connectivity index (χ0n) is 15.2. The van der Waals surface area contributed by atoms with Gasteiger partial charge in [-0.25, -0.2) is 8.42 Å². The molecule has 9 heteroatoms. The van der Waals surface area contributed by atoms with Crippen molar-refractivity contribution in [1.82, 2.24) is 24.2 Å². The van der Waals surface area contributed by atoms with Crippen molar-refractivity contribution in [3.8, 4) is 0 Å². The third-order valence-corrected chi connectivity index (χ3v) is 6.34. The van der Waals surface area contributed by atoms with E-state index in [0.717, 1.165) is 5.56 Å². The monoisotopic (exact) mass is 387 g/mol. The molecular weight excluding hydrogens is 366 g/mol. The van der Waals surface area contributed by atoms with Crippen molar-refractivity contribution in [1.29, 1.82) is 0 Å². The average Bonchev–Trinajstić information content (AvgIpc) is 3.15. The first kappa shape index (κ1) is 19.0. The number of hydrogen-bond donors (Lipinski definition) is 1. The number of aromatic nitrogens is 3. The van der Waals surface area contributed by atoms with Crippen molar-refractivity contribution >= 4 is 21.6 Å². The van der Waals surface area contributed by atoms with Gasteiger partial charge in [-0.1, -0.05) is 26.0 Å². The summed E-state index contributed by atoms with van der Waals surface area (Å²) >= 11 is 0. The normalized spacial score (nSPS) is 11.8. The molecule has 8 nitrogen and oxygen atoms in total. The van der Waals surface area contributed by atoms with Crippen molar-refractivity contribution < 1.29 is 13.2 Å². The summed E-state index contributed by atoms with van der Waals surface area (Å²) in [5.74, 6) is -0.231. The minimum absolute atomic E-state index is 0.231. The highest BCUT2D eigenvalue weighted by molar-refractivity contribution is 7.89. The number of sulfonamides is 1. The molecule has 0 aliphatic heterocycles. The fourth-order valence-electron chi connectivity index (χ4n) is 2.74. The molecule has 2 heterocycles. The molecule has 0 saturated carbocycles. The van der Waals surface area contributed by atoms with Crippen LogP contribution in [-0.2, 0) is 16.6 Å². The second-order valence-electron chi connectivity index (χ2n) is 5.93. The lowest BCUT2D eigenvalue weighted by atomic mass is 10.2. The molecule has 3 rings (SSSR count). The first-order valence-electron chi connectivity index (χ1n) is 8.62. The third-order valence-electron chi connectivity index (χ3n) is 4.27. The SMILES string of the molecule is CCN(CC)S(=O)(=O)c1ccc(CNC(=O)c2ccc3nncn3c2)cc1. The van der Waals surface area contributed by atoms with E-state index in [1.54, 1.807) is 47.0 Å². The lowest BCUT2D eigenvalue weighted by molar-refractivity contribution is 0.0950. The predicted molar refractivity (Wildman–Crippen MR) is 101 cm³/mol. The minimum Gasteiger partial charge on any atom is -0.348 e. The van der Waals surface area contributed by atoms with E-state index in [1.165, 1.54) is 10.6 Å². The summed E-state index contributed by atoms with van der Waals surface area (Å²) in [4.78, 5) is 12.6. The van der Waals surface area contributed by atoms with E-state index in [9.17, 15) is 13.2 Å². The third kappa shape index (κ3) is 3.99. The second kappa shape index (κ2) is 7.85. The number of amides is 1. The molecule has 0 bridgehead atoms. The van der Waals surface area contributed by atoms with Crippen molar-refractivity contribution in [2.24, 2.45) is 0 Å². The Morgan fingerprint density at radius 2 is 1.81 bits per heavy atom. The fraction of sp³-hybridized carbons (Fsp3) is 0.278. The van der Waals surface area contributed by atoms with Gasteiger partial charge < -0.3 is 5.32 Å². The van der Waals surface area contributed by atoms with Crippen molar-refractivity contribution in [2.75, 3.05) is 13.1 Å². The molecule has 0 saturated heterocycles. The van der Waals surface area contributed by atoms with Gasteiger partial charge in [0.2, 0.25) is 10.0 Å². The smallest absolute Gasteiger partial charge is 0.253 e. The zero-order valence-corrected chi connectivity index (χ0v) is 16.0. The van der Waals surface area contributed by atoms with Crippen LogP contribution < -0.4 is 5.32 Å². The topological polar surface area (TPSA) is 96.7 Å². The maximum Gasteiger partial charge on any atom is 0.253 e. The lowest BCUT2D eigenvalue weighted by Gasteiger charge is -2.18. The van der Waals surface area contributed by atoms with E-state index in [1.807, 2.05) is 13.8 Å². The fourth-order valence-corrected chi connectivity index (χ4v) is 4.20. The lowest BCUT2D eigenvalue weighted by Crippen LogP contribution is -2.30. The van der Waals surface area contributed by atoms with Gasteiger partial charge in [0, 0.05) is 25.8 Å². The van der Waals surface area contributed by atoms with Gasteiger partial charge in [0.15, 0.2) is 5.65 Å². The summed E-state index contributed by atoms with van der Waals surface area (Å²) in [6.45, 7) is 4.76. The summed E-state index contributed by atoms with van der Waals surface area (Å²) in [6, 6.07) is 9.95. The minimum atomic E-state index is -3.48. The van der Waals surface area contributed by atoms with E-state index in [4.69, 9.17) is 0 Å². The Hall–Kier alpha value is -2.78. The van der Waals surface area contributed by atoms with Crippen LogP contribution in [0.25, 0.3) is 5.65 Å². The summed E-state index contributed by atoms with van der Waals surface area (Å²) in [7, 11) is -3.48. The molecule has 2 aromatic heterocycles. The Labute approximate surface area is 157 Å². The standard InChI is InChI=1S/C18H21N5O3S/c1-3-23(4-2)27(25,26)16-8-5-14(6-9-16)11-19-18(24)15-7-10-17-21-20-13-22(17)12-15/h5-10,12-13H,3-4,11H2,1-2H3,(H,19,24). The van der Waals surface area contributed by atoms with Crippen molar-refractivity contribution in [3.63, 3.8) is 0 Å². The maximum absolute atomic E-state index is 12.5. The average molecular weight is 387 g/mol. The Bertz CT molecular complexity index is 1040. The zero-order chi connectivity index (χ0) is 19.4. The Morgan fingerprint density at radius 3 is 2.48 bits per heavy atom. The number of hydrogen-bond acceptors (Lipinski definition) is 5. The highest BCUT2D eigenvalue weighted by Gasteiger charge is 2.21. The van der Waals surface area contributed by atoms with Gasteiger partial charge in [0.05, 0.1) is 10.5 Å². The molecule has 0 fully saturated rings. The molecule has 142 valence electrons. The van der Waals surface area contributed by atoms with Crippen LogP contribution in [0.4, 0.5) is 0 Å². The van der Waals surface area contributed by atoms with Crippen LogP contribution in [-0.4, -0.2) is 46.3 Å². The molecule has 1 N–H and O–H groups in total. The van der Waals surface area contributed by atoms with Crippen LogP contribution in [0, 0.1) is 0 Å². The summed E-state index contributed by atoms with van der Waals surface area (Å²) in [6.07, 6.45) is 3.19. The van der Waals surface area contributed by atoms with Crippen LogP contribution in [0.2, 0.25) is 0 Å². The molecule has 0 aliphatic carbocycles. The Morgan fingerprint density at radius 1 is 1.11 bits per heavy atom. The number of fused-ring (bicyclic) bond motifs is 1. The molecule has 0 radical (unpaired) electrons. The van der Waals surface area contributed by atoms with Gasteiger partial charge in [-0.2, -0.15) is 4.31 Å². The van der Waals surface area contributed by atoms with Gasteiger partial charge in [0.25, 0.3) is 5.91 Å². The highest BCUT2D eigenvalue weighted by Crippen LogP contribution is 2.16. The number of pyridine rings is 1. The van der Waals surface area contributed by atoms with Crippen LogP contribution in [0.15, 0.2) is 53.8 Å². The van der Waals surface area contributed by atoms with Gasteiger partial charge in [-0.05, 0) is 29.8 Å². The molecule has 27 heavy (non-hydrogen) atoms. The first-order chi connectivity index (χ1) is 13.0. The van der Waals surface area contributed by atoms with E-state index in [-0.39, 0.29) is 10.8 Å². The molecule has 0 aliphatic rings.